The molecule has 0 fully saturated rings. The van der Waals surface area contributed by atoms with Gasteiger partial charge in [-0.1, -0.05) is 11.6 Å². The molecule has 11 heteroatoms. The van der Waals surface area contributed by atoms with Gasteiger partial charge in [-0.3, -0.25) is 4.79 Å². The number of aliphatic hydroxyl groups excluding tert-OH is 1. The van der Waals surface area contributed by atoms with Gasteiger partial charge < -0.3 is 14.3 Å². The second kappa shape index (κ2) is 9.37. The number of aliphatic hydroxyl groups is 1. The van der Waals surface area contributed by atoms with Crippen LogP contribution in [0.1, 0.15) is 18.1 Å². The number of esters is 1. The smallest absolute Gasteiger partial charge is 0.336 e. The van der Waals surface area contributed by atoms with E-state index in [1.165, 1.54) is 6.92 Å². The van der Waals surface area contributed by atoms with E-state index in [1.807, 2.05) is 0 Å². The standard InChI is InChI=1S/C21H19ClFNO7S/c1-11-7-18-16(9-17(11)22)13(8-19(26)31-18)10-30-21(27)20(12(2)25)24-32(28,29)15-5-3-14(23)4-6-15/h3-9,12,20,24-25H,10H2,1-2H3/t12-,20+/m1/s1. The highest BCUT2D eigenvalue weighted by Gasteiger charge is 2.31. The molecule has 0 unspecified atom stereocenters. The van der Waals surface area contributed by atoms with Crippen molar-refractivity contribution in [2.75, 3.05) is 0 Å². The topological polar surface area (TPSA) is 123 Å². The predicted octanol–water partition coefficient (Wildman–Crippen LogP) is 2.67. The van der Waals surface area contributed by atoms with Crippen LogP contribution in [-0.2, 0) is 26.2 Å². The second-order valence-electron chi connectivity index (χ2n) is 7.09. The fraction of sp³-hybridized carbons (Fsp3) is 0.238. The average molecular weight is 484 g/mol. The van der Waals surface area contributed by atoms with E-state index in [9.17, 15) is 27.5 Å². The third-order valence-corrected chi connectivity index (χ3v) is 6.49. The van der Waals surface area contributed by atoms with E-state index in [2.05, 4.69) is 4.72 Å². The van der Waals surface area contributed by atoms with Crippen molar-refractivity contribution >= 4 is 38.6 Å². The normalized spacial score (nSPS) is 13.7. The molecule has 2 N–H and O–H groups in total. The molecule has 0 saturated heterocycles. The summed E-state index contributed by atoms with van der Waals surface area (Å²) in [5.41, 5.74) is 0.543. The second-order valence-corrected chi connectivity index (χ2v) is 9.21. The zero-order valence-electron chi connectivity index (χ0n) is 17.0. The summed E-state index contributed by atoms with van der Waals surface area (Å²) in [4.78, 5) is 24.1. The highest BCUT2D eigenvalue weighted by molar-refractivity contribution is 7.89. The lowest BCUT2D eigenvalue weighted by Crippen LogP contribution is -2.48. The fourth-order valence-electron chi connectivity index (χ4n) is 2.90. The number of carbonyl (C=O) groups is 1. The number of halogens is 2. The first kappa shape index (κ1) is 23.9. The lowest BCUT2D eigenvalue weighted by molar-refractivity contribution is -0.149. The van der Waals surface area contributed by atoms with Crippen LogP contribution < -0.4 is 10.3 Å². The summed E-state index contributed by atoms with van der Waals surface area (Å²) in [6.07, 6.45) is -1.45. The van der Waals surface area contributed by atoms with Gasteiger partial charge in [-0.2, -0.15) is 4.72 Å². The lowest BCUT2D eigenvalue weighted by atomic mass is 10.1. The Morgan fingerprint density at radius 2 is 1.91 bits per heavy atom. The van der Waals surface area contributed by atoms with Crippen LogP contribution in [0.5, 0.6) is 0 Å². The van der Waals surface area contributed by atoms with Crippen molar-refractivity contribution in [3.8, 4) is 0 Å². The average Bonchev–Trinajstić information content (AvgIpc) is 2.71. The molecule has 0 aliphatic heterocycles. The Bertz CT molecular complexity index is 1320. The van der Waals surface area contributed by atoms with E-state index >= 15 is 0 Å². The maximum absolute atomic E-state index is 13.1. The SMILES string of the molecule is Cc1cc2oc(=O)cc(COC(=O)[C@@H](NS(=O)(=O)c3ccc(F)cc3)[C@@H](C)O)c2cc1Cl. The monoisotopic (exact) mass is 483 g/mol. The zero-order valence-corrected chi connectivity index (χ0v) is 18.5. The molecule has 2 aromatic carbocycles. The minimum Gasteiger partial charge on any atom is -0.460 e. The van der Waals surface area contributed by atoms with Crippen molar-refractivity contribution in [2.45, 2.75) is 37.5 Å². The van der Waals surface area contributed by atoms with Crippen LogP contribution in [0.3, 0.4) is 0 Å². The Morgan fingerprint density at radius 3 is 2.53 bits per heavy atom. The van der Waals surface area contributed by atoms with Crippen molar-refractivity contribution in [1.82, 2.24) is 4.72 Å². The number of hydrogen-bond donors (Lipinski definition) is 2. The van der Waals surface area contributed by atoms with Gasteiger partial charge in [0.1, 0.15) is 24.0 Å². The molecule has 0 aliphatic rings. The number of aryl methyl sites for hydroxylation is 1. The number of rotatable bonds is 7. The molecule has 1 aromatic heterocycles. The molecule has 0 aliphatic carbocycles. The molecule has 1 heterocycles. The first-order chi connectivity index (χ1) is 15.0. The van der Waals surface area contributed by atoms with Gasteiger partial charge in [0, 0.05) is 22.0 Å². The van der Waals surface area contributed by atoms with Crippen LogP contribution >= 0.6 is 11.6 Å². The van der Waals surface area contributed by atoms with Gasteiger partial charge in [-0.05, 0) is 55.8 Å². The molecule has 0 saturated carbocycles. The summed E-state index contributed by atoms with van der Waals surface area (Å²) in [7, 11) is -4.26. The van der Waals surface area contributed by atoms with E-state index in [4.69, 9.17) is 20.8 Å². The Hall–Kier alpha value is -2.79. The van der Waals surface area contributed by atoms with Crippen molar-refractivity contribution in [3.63, 3.8) is 0 Å². The largest absolute Gasteiger partial charge is 0.460 e. The summed E-state index contributed by atoms with van der Waals surface area (Å²) in [5.74, 6) is -1.71. The van der Waals surface area contributed by atoms with Gasteiger partial charge in [0.2, 0.25) is 10.0 Å². The molecule has 0 bridgehead atoms. The van der Waals surface area contributed by atoms with E-state index in [-0.39, 0.29) is 16.0 Å². The number of benzene rings is 2. The van der Waals surface area contributed by atoms with E-state index in [0.29, 0.717) is 16.0 Å². The van der Waals surface area contributed by atoms with Gasteiger partial charge in [0.05, 0.1) is 11.0 Å². The highest BCUT2D eigenvalue weighted by Crippen LogP contribution is 2.25. The van der Waals surface area contributed by atoms with E-state index in [1.54, 1.807) is 19.1 Å². The van der Waals surface area contributed by atoms with E-state index < -0.39 is 46.2 Å². The number of hydrogen-bond acceptors (Lipinski definition) is 7. The maximum Gasteiger partial charge on any atom is 0.336 e. The van der Waals surface area contributed by atoms with Crippen LogP contribution in [0.4, 0.5) is 4.39 Å². The molecule has 170 valence electrons. The van der Waals surface area contributed by atoms with Gasteiger partial charge in [0.25, 0.3) is 0 Å². The van der Waals surface area contributed by atoms with Crippen molar-refractivity contribution < 1.29 is 31.9 Å². The third-order valence-electron chi connectivity index (χ3n) is 4.62. The van der Waals surface area contributed by atoms with Gasteiger partial charge >= 0.3 is 11.6 Å². The Balaban J connectivity index is 1.82. The van der Waals surface area contributed by atoms with Crippen LogP contribution in [0.25, 0.3) is 11.0 Å². The van der Waals surface area contributed by atoms with Crippen molar-refractivity contribution in [1.29, 1.82) is 0 Å². The summed E-state index contributed by atoms with van der Waals surface area (Å²) in [6, 6.07) is 6.53. The van der Waals surface area contributed by atoms with Crippen LogP contribution in [0.2, 0.25) is 5.02 Å². The number of fused-ring (bicyclic) bond motifs is 1. The molecular formula is C21H19ClFNO7S. The molecule has 8 nitrogen and oxygen atoms in total. The highest BCUT2D eigenvalue weighted by atomic mass is 35.5. The Labute approximate surface area is 187 Å². The van der Waals surface area contributed by atoms with Crippen LogP contribution in [0, 0.1) is 12.7 Å². The van der Waals surface area contributed by atoms with Crippen LogP contribution in [-0.4, -0.2) is 31.6 Å². The summed E-state index contributed by atoms with van der Waals surface area (Å²) < 4.78 is 50.5. The summed E-state index contributed by atoms with van der Waals surface area (Å²) >= 11 is 6.13. The lowest BCUT2D eigenvalue weighted by Gasteiger charge is -2.20. The molecule has 32 heavy (non-hydrogen) atoms. The number of nitrogens with one attached hydrogen (secondary N) is 1. The molecule has 3 rings (SSSR count). The molecule has 2 atom stereocenters. The molecule has 0 spiro atoms. The quantitative estimate of drug-likeness (QED) is 0.391. The van der Waals surface area contributed by atoms with Gasteiger partial charge in [-0.25, -0.2) is 17.6 Å². The maximum atomic E-state index is 13.1. The number of carbonyl (C=O) groups excluding carboxylic acids is 1. The van der Waals surface area contributed by atoms with Crippen molar-refractivity contribution in [2.24, 2.45) is 0 Å². The first-order valence-corrected chi connectivity index (χ1v) is 11.2. The Morgan fingerprint density at radius 1 is 1.25 bits per heavy atom. The Kier molecular flexibility index (Phi) is 6.99. The predicted molar refractivity (Wildman–Crippen MR) is 114 cm³/mol. The molecule has 0 amide bonds. The minimum atomic E-state index is -4.26. The van der Waals surface area contributed by atoms with Gasteiger partial charge in [-0.15, -0.1) is 0 Å². The minimum absolute atomic E-state index is 0.245. The van der Waals surface area contributed by atoms with Crippen LogP contribution in [0.15, 0.2) is 56.6 Å². The first-order valence-electron chi connectivity index (χ1n) is 9.33. The van der Waals surface area contributed by atoms with Gasteiger partial charge in [0.15, 0.2) is 0 Å². The van der Waals surface area contributed by atoms with E-state index in [0.717, 1.165) is 30.3 Å². The molecule has 3 aromatic rings. The van der Waals surface area contributed by atoms with Crippen molar-refractivity contribution in [3.05, 3.63) is 74.9 Å². The fourth-order valence-corrected chi connectivity index (χ4v) is 4.32. The number of ether oxygens (including phenoxy) is 1. The zero-order chi connectivity index (χ0) is 23.6. The molecule has 0 radical (unpaired) electrons. The summed E-state index contributed by atoms with van der Waals surface area (Å²) in [6.45, 7) is 2.53. The summed E-state index contributed by atoms with van der Waals surface area (Å²) in [5, 5.41) is 10.8. The third kappa shape index (κ3) is 5.33. The molecular weight excluding hydrogens is 465 g/mol. The number of sulfonamides is 1.